The molecule has 0 saturated carbocycles. The van der Waals surface area contributed by atoms with Crippen LogP contribution in [0.25, 0.3) is 0 Å². The first-order valence-electron chi connectivity index (χ1n) is 5.41. The summed E-state index contributed by atoms with van der Waals surface area (Å²) in [6.45, 7) is 8.73. The molecule has 2 N–H and O–H groups in total. The van der Waals surface area contributed by atoms with Gasteiger partial charge in [0.25, 0.3) is 5.56 Å². The molecular formula is C11H19N3O. The van der Waals surface area contributed by atoms with Gasteiger partial charge >= 0.3 is 0 Å². The summed E-state index contributed by atoms with van der Waals surface area (Å²) in [4.78, 5) is 18.8. The van der Waals surface area contributed by atoms with Crippen molar-refractivity contribution in [2.45, 2.75) is 40.0 Å². The predicted molar refractivity (Wildman–Crippen MR) is 62.5 cm³/mol. The molecule has 4 nitrogen and oxygen atoms in total. The number of hydrogen-bond donors (Lipinski definition) is 2. The fourth-order valence-electron chi connectivity index (χ4n) is 1.24. The summed E-state index contributed by atoms with van der Waals surface area (Å²) < 4.78 is 0. The highest BCUT2D eigenvalue weighted by Gasteiger charge is 2.08. The van der Waals surface area contributed by atoms with Gasteiger partial charge in [-0.1, -0.05) is 20.8 Å². The van der Waals surface area contributed by atoms with Crippen LogP contribution in [0.1, 0.15) is 44.5 Å². The Morgan fingerprint density at radius 2 is 2.13 bits per heavy atom. The highest BCUT2D eigenvalue weighted by molar-refractivity contribution is 5.42. The Kier molecular flexibility index (Phi) is 3.88. The van der Waals surface area contributed by atoms with E-state index in [1.807, 2.05) is 13.8 Å². The molecule has 1 aromatic heterocycles. The zero-order chi connectivity index (χ0) is 11.4. The summed E-state index contributed by atoms with van der Waals surface area (Å²) in [6, 6.07) is 0. The van der Waals surface area contributed by atoms with Gasteiger partial charge in [-0.05, 0) is 13.3 Å². The maximum absolute atomic E-state index is 11.6. The molecule has 1 heterocycles. The monoisotopic (exact) mass is 209 g/mol. The molecule has 1 rings (SSSR count). The average molecular weight is 209 g/mol. The van der Waals surface area contributed by atoms with E-state index in [-0.39, 0.29) is 11.5 Å². The van der Waals surface area contributed by atoms with Gasteiger partial charge in [0.1, 0.15) is 11.6 Å². The van der Waals surface area contributed by atoms with Gasteiger partial charge in [0.15, 0.2) is 0 Å². The van der Waals surface area contributed by atoms with E-state index < -0.39 is 0 Å². The predicted octanol–water partition coefficient (Wildman–Crippen LogP) is 2.02. The van der Waals surface area contributed by atoms with Crippen molar-refractivity contribution in [1.82, 2.24) is 9.97 Å². The minimum atomic E-state index is -0.0488. The number of nitrogens with zero attached hydrogens (tertiary/aromatic N) is 1. The fraction of sp³-hybridized carbons (Fsp3) is 0.636. The van der Waals surface area contributed by atoms with Crippen molar-refractivity contribution >= 4 is 5.82 Å². The number of aromatic amines is 1. The topological polar surface area (TPSA) is 57.8 Å². The Labute approximate surface area is 90.1 Å². The highest BCUT2D eigenvalue weighted by atomic mass is 16.1. The van der Waals surface area contributed by atoms with Crippen molar-refractivity contribution in [3.63, 3.8) is 0 Å². The van der Waals surface area contributed by atoms with E-state index >= 15 is 0 Å². The van der Waals surface area contributed by atoms with Crippen molar-refractivity contribution in [2.24, 2.45) is 0 Å². The van der Waals surface area contributed by atoms with Gasteiger partial charge in [0.2, 0.25) is 0 Å². The lowest BCUT2D eigenvalue weighted by Crippen LogP contribution is -2.19. The molecule has 84 valence electrons. The van der Waals surface area contributed by atoms with Gasteiger partial charge < -0.3 is 10.3 Å². The van der Waals surface area contributed by atoms with Crippen LogP contribution in [0.2, 0.25) is 0 Å². The second-order valence-corrected chi connectivity index (χ2v) is 4.01. The van der Waals surface area contributed by atoms with E-state index in [0.29, 0.717) is 11.4 Å². The van der Waals surface area contributed by atoms with Crippen molar-refractivity contribution in [1.29, 1.82) is 0 Å². The maximum Gasteiger partial charge on any atom is 0.255 e. The molecule has 1 aromatic rings. The third kappa shape index (κ3) is 2.81. The molecule has 0 aromatic carbocycles. The zero-order valence-corrected chi connectivity index (χ0v) is 9.85. The van der Waals surface area contributed by atoms with Gasteiger partial charge in [0, 0.05) is 12.5 Å². The number of H-pyrrole nitrogens is 1. The molecule has 0 aliphatic heterocycles. The molecule has 0 radical (unpaired) electrons. The second-order valence-electron chi connectivity index (χ2n) is 4.01. The second kappa shape index (κ2) is 4.96. The summed E-state index contributed by atoms with van der Waals surface area (Å²) >= 11 is 0. The van der Waals surface area contributed by atoms with Crippen molar-refractivity contribution in [3.8, 4) is 0 Å². The normalized spacial score (nSPS) is 10.7. The summed E-state index contributed by atoms with van der Waals surface area (Å²) in [5, 5.41) is 3.17. The number of rotatable bonds is 4. The van der Waals surface area contributed by atoms with Crippen LogP contribution in [0.4, 0.5) is 5.82 Å². The zero-order valence-electron chi connectivity index (χ0n) is 9.85. The molecular weight excluding hydrogens is 190 g/mol. The Balaban J connectivity index is 3.08. The first kappa shape index (κ1) is 11.8. The third-order valence-corrected chi connectivity index (χ3v) is 2.26. The molecule has 0 bridgehead atoms. The molecule has 0 spiro atoms. The first-order valence-corrected chi connectivity index (χ1v) is 5.41. The SMILES string of the molecule is CCCNc1nc(C(C)C)[nH]c(=O)c1C. The minimum Gasteiger partial charge on any atom is -0.370 e. The standard InChI is InChI=1S/C11H19N3O/c1-5-6-12-10-8(4)11(15)14-9(13-10)7(2)3/h7H,5-6H2,1-4H3,(H2,12,13,14,15). The first-order chi connectivity index (χ1) is 7.06. The van der Waals surface area contributed by atoms with E-state index in [9.17, 15) is 4.79 Å². The van der Waals surface area contributed by atoms with Gasteiger partial charge in [-0.2, -0.15) is 0 Å². The van der Waals surface area contributed by atoms with Gasteiger partial charge in [-0.25, -0.2) is 4.98 Å². The van der Waals surface area contributed by atoms with Crippen LogP contribution in [0.15, 0.2) is 4.79 Å². The summed E-state index contributed by atoms with van der Waals surface area (Å²) in [5.41, 5.74) is 0.611. The van der Waals surface area contributed by atoms with E-state index in [0.717, 1.165) is 18.8 Å². The molecule has 0 fully saturated rings. The van der Waals surface area contributed by atoms with E-state index in [1.165, 1.54) is 0 Å². The van der Waals surface area contributed by atoms with Crippen LogP contribution in [0.5, 0.6) is 0 Å². The number of nitrogens with one attached hydrogen (secondary N) is 2. The van der Waals surface area contributed by atoms with Crippen LogP contribution in [-0.2, 0) is 0 Å². The van der Waals surface area contributed by atoms with Crippen LogP contribution >= 0.6 is 0 Å². The Bertz CT molecular complexity index is 382. The van der Waals surface area contributed by atoms with Gasteiger partial charge in [0.05, 0.1) is 5.56 Å². The summed E-state index contributed by atoms with van der Waals surface area (Å²) in [6.07, 6.45) is 1.02. The number of anilines is 1. The molecule has 0 aliphatic carbocycles. The highest BCUT2D eigenvalue weighted by Crippen LogP contribution is 2.12. The number of aromatic nitrogens is 2. The van der Waals surface area contributed by atoms with Crippen LogP contribution < -0.4 is 10.9 Å². The molecule has 0 aliphatic rings. The van der Waals surface area contributed by atoms with Crippen LogP contribution in [0, 0.1) is 6.92 Å². The lowest BCUT2D eigenvalue weighted by molar-refractivity contribution is 0.762. The molecule has 0 saturated heterocycles. The summed E-state index contributed by atoms with van der Waals surface area (Å²) in [7, 11) is 0. The molecule has 15 heavy (non-hydrogen) atoms. The van der Waals surface area contributed by atoms with Crippen molar-refractivity contribution < 1.29 is 0 Å². The minimum absolute atomic E-state index is 0.0488. The van der Waals surface area contributed by atoms with Crippen molar-refractivity contribution in [3.05, 3.63) is 21.7 Å². The van der Waals surface area contributed by atoms with Gasteiger partial charge in [-0.3, -0.25) is 4.79 Å². The smallest absolute Gasteiger partial charge is 0.255 e. The molecule has 0 unspecified atom stereocenters. The Hall–Kier alpha value is -1.32. The Morgan fingerprint density at radius 1 is 1.47 bits per heavy atom. The third-order valence-electron chi connectivity index (χ3n) is 2.26. The lowest BCUT2D eigenvalue weighted by atomic mass is 10.2. The van der Waals surface area contributed by atoms with Gasteiger partial charge in [-0.15, -0.1) is 0 Å². The van der Waals surface area contributed by atoms with Crippen molar-refractivity contribution in [2.75, 3.05) is 11.9 Å². The molecule has 4 heteroatoms. The fourth-order valence-corrected chi connectivity index (χ4v) is 1.24. The molecule has 0 amide bonds. The van der Waals surface area contributed by atoms with E-state index in [1.54, 1.807) is 6.92 Å². The van der Waals surface area contributed by atoms with Crippen LogP contribution in [-0.4, -0.2) is 16.5 Å². The molecule has 0 atom stereocenters. The Morgan fingerprint density at radius 3 is 2.67 bits per heavy atom. The van der Waals surface area contributed by atoms with Crippen LogP contribution in [0.3, 0.4) is 0 Å². The maximum atomic E-state index is 11.6. The summed E-state index contributed by atoms with van der Waals surface area (Å²) in [5.74, 6) is 1.69. The van der Waals surface area contributed by atoms with E-state index in [2.05, 4.69) is 22.2 Å². The quantitative estimate of drug-likeness (QED) is 0.797. The van der Waals surface area contributed by atoms with E-state index in [4.69, 9.17) is 0 Å². The lowest BCUT2D eigenvalue weighted by Gasteiger charge is -2.10. The number of hydrogen-bond acceptors (Lipinski definition) is 3. The largest absolute Gasteiger partial charge is 0.370 e. The average Bonchev–Trinajstić information content (AvgIpc) is 2.19.